The van der Waals surface area contributed by atoms with Crippen LogP contribution in [0.1, 0.15) is 31.1 Å². The van der Waals surface area contributed by atoms with Crippen molar-refractivity contribution < 1.29 is 23.5 Å². The Balaban J connectivity index is 2.09. The van der Waals surface area contributed by atoms with Crippen molar-refractivity contribution in [1.29, 1.82) is 0 Å². The van der Waals surface area contributed by atoms with Gasteiger partial charge in [0.2, 0.25) is 5.91 Å². The second-order valence-electron chi connectivity index (χ2n) is 5.88. The molecule has 0 unspecified atom stereocenters. The Kier molecular flexibility index (Phi) is 8.16. The molecule has 2 rings (SSSR count). The van der Waals surface area contributed by atoms with Gasteiger partial charge in [-0.05, 0) is 30.7 Å². The van der Waals surface area contributed by atoms with E-state index >= 15 is 0 Å². The van der Waals surface area contributed by atoms with Crippen LogP contribution in [0.3, 0.4) is 0 Å². The largest absolute Gasteiger partial charge is 0.493 e. The molecule has 0 saturated carbocycles. The van der Waals surface area contributed by atoms with Crippen molar-refractivity contribution in [2.45, 2.75) is 26.3 Å². The van der Waals surface area contributed by atoms with Gasteiger partial charge >= 0.3 is 5.97 Å². The molecule has 2 aromatic rings. The summed E-state index contributed by atoms with van der Waals surface area (Å²) < 4.78 is 15.7. The van der Waals surface area contributed by atoms with E-state index in [1.165, 1.54) is 13.2 Å². The minimum atomic E-state index is -0.366. The minimum Gasteiger partial charge on any atom is -0.493 e. The molecule has 1 aromatic heterocycles. The highest BCUT2D eigenvalue weighted by molar-refractivity contribution is 5.92. The molecule has 6 heteroatoms. The standard InChI is InChI=1S/C21H25NO5/c1-3-14-27-19-9-5-4-7-17(19)10-11-20(23)22(13-12-21(24)25-2)16-18-8-6-15-26-18/h4-11,15H,3,12-14,16H2,1-2H3/b11-10+. The van der Waals surface area contributed by atoms with Crippen molar-refractivity contribution >= 4 is 18.0 Å². The summed E-state index contributed by atoms with van der Waals surface area (Å²) in [6, 6.07) is 11.1. The SMILES string of the molecule is CCCOc1ccccc1/C=C/C(=O)N(CCC(=O)OC)Cc1ccco1. The normalized spacial score (nSPS) is 10.7. The van der Waals surface area contributed by atoms with Gasteiger partial charge < -0.3 is 18.8 Å². The molecule has 144 valence electrons. The fourth-order valence-corrected chi connectivity index (χ4v) is 2.41. The summed E-state index contributed by atoms with van der Waals surface area (Å²) in [6.45, 7) is 3.17. The van der Waals surface area contributed by atoms with Crippen molar-refractivity contribution in [3.8, 4) is 5.75 Å². The Labute approximate surface area is 159 Å². The van der Waals surface area contributed by atoms with Crippen LogP contribution in [0.4, 0.5) is 0 Å². The number of benzene rings is 1. The predicted molar refractivity (Wildman–Crippen MR) is 102 cm³/mol. The molecule has 0 aliphatic carbocycles. The van der Waals surface area contributed by atoms with Crippen molar-refractivity contribution in [2.75, 3.05) is 20.3 Å². The van der Waals surface area contributed by atoms with E-state index < -0.39 is 0 Å². The third-order valence-corrected chi connectivity index (χ3v) is 3.84. The first-order chi connectivity index (χ1) is 13.1. The number of carbonyl (C=O) groups excluding carboxylic acids is 2. The third kappa shape index (κ3) is 6.66. The fraction of sp³-hybridized carbons (Fsp3) is 0.333. The number of furan rings is 1. The number of amides is 1. The van der Waals surface area contributed by atoms with Gasteiger partial charge in [-0.2, -0.15) is 0 Å². The average Bonchev–Trinajstić information content (AvgIpc) is 3.21. The molecule has 0 atom stereocenters. The highest BCUT2D eigenvalue weighted by atomic mass is 16.5. The number of methoxy groups -OCH3 is 1. The lowest BCUT2D eigenvalue weighted by molar-refractivity contribution is -0.141. The van der Waals surface area contributed by atoms with Crippen LogP contribution in [0, 0.1) is 0 Å². The van der Waals surface area contributed by atoms with Crippen LogP contribution in [-0.4, -0.2) is 37.0 Å². The molecule has 0 aliphatic heterocycles. The maximum absolute atomic E-state index is 12.7. The smallest absolute Gasteiger partial charge is 0.307 e. The van der Waals surface area contributed by atoms with Crippen LogP contribution in [-0.2, 0) is 20.9 Å². The Morgan fingerprint density at radius 2 is 2.00 bits per heavy atom. The summed E-state index contributed by atoms with van der Waals surface area (Å²) in [5.74, 6) is 0.791. The number of nitrogens with zero attached hydrogens (tertiary/aromatic N) is 1. The predicted octanol–water partition coefficient (Wildman–Crippen LogP) is 3.67. The van der Waals surface area contributed by atoms with Gasteiger partial charge in [0, 0.05) is 18.2 Å². The lowest BCUT2D eigenvalue weighted by atomic mass is 10.2. The summed E-state index contributed by atoms with van der Waals surface area (Å²) in [5.41, 5.74) is 0.824. The van der Waals surface area contributed by atoms with Crippen LogP contribution in [0.15, 0.2) is 53.2 Å². The molecule has 0 bridgehead atoms. The lowest BCUT2D eigenvalue weighted by Gasteiger charge is -2.19. The van der Waals surface area contributed by atoms with Gasteiger partial charge in [-0.15, -0.1) is 0 Å². The Bertz CT molecular complexity index is 752. The molecular weight excluding hydrogens is 346 g/mol. The van der Waals surface area contributed by atoms with Gasteiger partial charge in [-0.1, -0.05) is 25.1 Å². The van der Waals surface area contributed by atoms with Crippen molar-refractivity contribution in [3.05, 3.63) is 60.1 Å². The van der Waals surface area contributed by atoms with Gasteiger partial charge in [0.15, 0.2) is 0 Å². The van der Waals surface area contributed by atoms with Crippen LogP contribution in [0.5, 0.6) is 5.75 Å². The second kappa shape index (κ2) is 10.9. The molecule has 27 heavy (non-hydrogen) atoms. The highest BCUT2D eigenvalue weighted by Crippen LogP contribution is 2.20. The second-order valence-corrected chi connectivity index (χ2v) is 5.88. The number of para-hydroxylation sites is 1. The van der Waals surface area contributed by atoms with Crippen LogP contribution in [0.25, 0.3) is 6.08 Å². The topological polar surface area (TPSA) is 69.0 Å². The summed E-state index contributed by atoms with van der Waals surface area (Å²) in [7, 11) is 1.33. The molecule has 1 amide bonds. The maximum Gasteiger partial charge on any atom is 0.307 e. The van der Waals surface area contributed by atoms with Gasteiger partial charge in [0.1, 0.15) is 11.5 Å². The highest BCUT2D eigenvalue weighted by Gasteiger charge is 2.15. The summed E-state index contributed by atoms with van der Waals surface area (Å²) in [5, 5.41) is 0. The van der Waals surface area contributed by atoms with E-state index in [0.29, 0.717) is 12.4 Å². The molecule has 1 heterocycles. The molecular formula is C21H25NO5. The van der Waals surface area contributed by atoms with E-state index in [9.17, 15) is 9.59 Å². The minimum absolute atomic E-state index is 0.118. The van der Waals surface area contributed by atoms with Gasteiger partial charge in [-0.25, -0.2) is 0 Å². The average molecular weight is 371 g/mol. The monoisotopic (exact) mass is 371 g/mol. The van der Waals surface area contributed by atoms with E-state index in [1.807, 2.05) is 31.2 Å². The number of ether oxygens (including phenoxy) is 2. The van der Waals surface area contributed by atoms with Crippen molar-refractivity contribution in [3.63, 3.8) is 0 Å². The zero-order valence-electron chi connectivity index (χ0n) is 15.7. The summed E-state index contributed by atoms with van der Waals surface area (Å²) >= 11 is 0. The quantitative estimate of drug-likeness (QED) is 0.471. The Morgan fingerprint density at radius 3 is 2.70 bits per heavy atom. The summed E-state index contributed by atoms with van der Waals surface area (Å²) in [4.78, 5) is 25.7. The van der Waals surface area contributed by atoms with Gasteiger partial charge in [0.05, 0.1) is 32.9 Å². The van der Waals surface area contributed by atoms with Gasteiger partial charge in [0.25, 0.3) is 0 Å². The fourth-order valence-electron chi connectivity index (χ4n) is 2.41. The molecule has 0 saturated heterocycles. The Hall–Kier alpha value is -3.02. The number of carbonyl (C=O) groups is 2. The van der Waals surface area contributed by atoms with E-state index in [4.69, 9.17) is 9.15 Å². The molecule has 6 nitrogen and oxygen atoms in total. The molecule has 1 aromatic carbocycles. The van der Waals surface area contributed by atoms with E-state index in [-0.39, 0.29) is 31.4 Å². The molecule has 0 fully saturated rings. The number of hydrogen-bond acceptors (Lipinski definition) is 5. The number of esters is 1. The summed E-state index contributed by atoms with van der Waals surface area (Å²) in [6.07, 6.45) is 5.78. The molecule has 0 radical (unpaired) electrons. The number of hydrogen-bond donors (Lipinski definition) is 0. The van der Waals surface area contributed by atoms with Crippen LogP contribution < -0.4 is 4.74 Å². The van der Waals surface area contributed by atoms with E-state index in [2.05, 4.69) is 4.74 Å². The first kappa shape index (κ1) is 20.3. The number of rotatable bonds is 10. The van der Waals surface area contributed by atoms with E-state index in [0.717, 1.165) is 17.7 Å². The van der Waals surface area contributed by atoms with E-state index in [1.54, 1.807) is 29.4 Å². The zero-order valence-corrected chi connectivity index (χ0v) is 15.7. The van der Waals surface area contributed by atoms with Crippen molar-refractivity contribution in [2.24, 2.45) is 0 Å². The first-order valence-corrected chi connectivity index (χ1v) is 8.92. The third-order valence-electron chi connectivity index (χ3n) is 3.84. The molecule has 0 aliphatic rings. The van der Waals surface area contributed by atoms with Gasteiger partial charge in [-0.3, -0.25) is 9.59 Å². The maximum atomic E-state index is 12.7. The first-order valence-electron chi connectivity index (χ1n) is 8.92. The molecule has 0 spiro atoms. The lowest BCUT2D eigenvalue weighted by Crippen LogP contribution is -2.31. The van der Waals surface area contributed by atoms with Crippen molar-refractivity contribution in [1.82, 2.24) is 4.90 Å². The Morgan fingerprint density at radius 1 is 1.19 bits per heavy atom. The van der Waals surface area contributed by atoms with Crippen LogP contribution >= 0.6 is 0 Å². The van der Waals surface area contributed by atoms with Crippen LogP contribution in [0.2, 0.25) is 0 Å². The zero-order chi connectivity index (χ0) is 19.5. The molecule has 0 N–H and O–H groups in total.